The van der Waals surface area contributed by atoms with Crippen molar-refractivity contribution in [3.05, 3.63) is 53.1 Å². The highest BCUT2D eigenvalue weighted by Crippen LogP contribution is 2.32. The van der Waals surface area contributed by atoms with Crippen LogP contribution in [0.2, 0.25) is 0 Å². The van der Waals surface area contributed by atoms with Crippen LogP contribution in [0.1, 0.15) is 23.6 Å². The third kappa shape index (κ3) is 5.67. The van der Waals surface area contributed by atoms with E-state index < -0.39 is 5.97 Å². The van der Waals surface area contributed by atoms with Gasteiger partial charge in [0.1, 0.15) is 0 Å². The van der Waals surface area contributed by atoms with Crippen molar-refractivity contribution in [3.8, 4) is 11.5 Å². The number of rotatable bonds is 8. The molecule has 0 radical (unpaired) electrons. The van der Waals surface area contributed by atoms with Crippen LogP contribution in [0.3, 0.4) is 0 Å². The van der Waals surface area contributed by atoms with Gasteiger partial charge in [-0.3, -0.25) is 9.59 Å². The molecular weight excluding hydrogens is 390 g/mol. The molecule has 0 spiro atoms. The number of carbonyl (C=O) groups is 2. The predicted molar refractivity (Wildman–Crippen MR) is 111 cm³/mol. The first-order valence-electron chi connectivity index (χ1n) is 9.48. The Bertz CT molecular complexity index is 899. The zero-order valence-corrected chi connectivity index (χ0v) is 17.7. The zero-order chi connectivity index (χ0) is 20.8. The summed E-state index contributed by atoms with van der Waals surface area (Å²) >= 11 is 1.42. The molecule has 1 aliphatic heterocycles. The van der Waals surface area contributed by atoms with Gasteiger partial charge in [-0.15, -0.1) is 11.8 Å². The Morgan fingerprint density at radius 1 is 1.10 bits per heavy atom. The molecule has 29 heavy (non-hydrogen) atoms. The first-order chi connectivity index (χ1) is 14.0. The van der Waals surface area contributed by atoms with Gasteiger partial charge in [-0.05, 0) is 50.1 Å². The smallest absolute Gasteiger partial charge is 0.316 e. The topological polar surface area (TPSA) is 65.1 Å². The Kier molecular flexibility index (Phi) is 7.04. The van der Waals surface area contributed by atoms with E-state index in [1.54, 1.807) is 4.90 Å². The van der Waals surface area contributed by atoms with Gasteiger partial charge in [0.15, 0.2) is 18.1 Å². The van der Waals surface area contributed by atoms with Crippen LogP contribution in [0.5, 0.6) is 11.5 Å². The molecule has 1 aliphatic rings. The molecule has 3 rings (SSSR count). The van der Waals surface area contributed by atoms with Gasteiger partial charge in [0, 0.05) is 18.0 Å². The molecule has 0 N–H and O–H groups in total. The number of nitrogens with zero attached hydrogens (tertiary/aromatic N) is 1. The Labute approximate surface area is 175 Å². The fourth-order valence-corrected chi connectivity index (χ4v) is 3.82. The van der Waals surface area contributed by atoms with Gasteiger partial charge >= 0.3 is 5.97 Å². The summed E-state index contributed by atoms with van der Waals surface area (Å²) < 4.78 is 15.9. The second-order valence-corrected chi connectivity index (χ2v) is 7.83. The number of likely N-dealkylation sites (N-methyl/N-ethyl adjacent to an activating group) is 1. The lowest BCUT2D eigenvalue weighted by Crippen LogP contribution is -2.34. The minimum absolute atomic E-state index is 0.172. The first-order valence-corrected chi connectivity index (χ1v) is 10.5. The van der Waals surface area contributed by atoms with Crippen molar-refractivity contribution in [1.82, 2.24) is 4.90 Å². The molecule has 2 aromatic rings. The molecule has 1 heterocycles. The summed E-state index contributed by atoms with van der Waals surface area (Å²) in [5.74, 6) is 0.933. The Morgan fingerprint density at radius 3 is 2.66 bits per heavy atom. The van der Waals surface area contributed by atoms with Crippen molar-refractivity contribution < 1.29 is 23.8 Å². The van der Waals surface area contributed by atoms with Gasteiger partial charge in [-0.1, -0.05) is 23.8 Å². The molecule has 0 unspecified atom stereocenters. The van der Waals surface area contributed by atoms with E-state index in [2.05, 4.69) is 6.07 Å². The predicted octanol–water partition coefficient (Wildman–Crippen LogP) is 3.72. The van der Waals surface area contributed by atoms with E-state index in [0.29, 0.717) is 24.6 Å². The quantitative estimate of drug-likeness (QED) is 0.484. The van der Waals surface area contributed by atoms with Gasteiger partial charge in [0.05, 0.1) is 5.75 Å². The number of aryl methyl sites for hydroxylation is 2. The van der Waals surface area contributed by atoms with Gasteiger partial charge in [0.25, 0.3) is 5.91 Å². The number of ether oxygens (including phenoxy) is 3. The number of amides is 1. The lowest BCUT2D eigenvalue weighted by Gasteiger charge is -2.21. The van der Waals surface area contributed by atoms with Crippen molar-refractivity contribution in [2.24, 2.45) is 0 Å². The highest BCUT2D eigenvalue weighted by Gasteiger charge is 2.18. The van der Waals surface area contributed by atoms with Crippen molar-refractivity contribution in [2.45, 2.75) is 32.2 Å². The van der Waals surface area contributed by atoms with Gasteiger partial charge in [-0.25, -0.2) is 0 Å². The fraction of sp³-hybridized carbons (Fsp3) is 0.364. The molecular formula is C22H25NO5S. The van der Waals surface area contributed by atoms with Crippen LogP contribution in [0, 0.1) is 13.8 Å². The Hall–Kier alpha value is -2.67. The first kappa shape index (κ1) is 21.0. The van der Waals surface area contributed by atoms with Crippen LogP contribution in [0.4, 0.5) is 0 Å². The van der Waals surface area contributed by atoms with Crippen molar-refractivity contribution in [1.29, 1.82) is 0 Å². The standard InChI is InChI=1S/C22H25NO5S/c1-4-23(11-17-6-7-18-19(10-17)28-14-27-18)21(24)12-26-22(25)13-29-20-8-5-15(2)9-16(20)3/h5-10H,4,11-14H2,1-3H3. The number of hydrogen-bond donors (Lipinski definition) is 0. The number of thioether (sulfide) groups is 1. The Morgan fingerprint density at radius 2 is 1.90 bits per heavy atom. The minimum atomic E-state index is -0.401. The molecule has 154 valence electrons. The summed E-state index contributed by atoms with van der Waals surface area (Å²) in [7, 11) is 0. The second kappa shape index (κ2) is 9.69. The normalized spacial score (nSPS) is 12.0. The maximum atomic E-state index is 12.5. The summed E-state index contributed by atoms with van der Waals surface area (Å²) in [6, 6.07) is 11.7. The third-order valence-corrected chi connectivity index (χ3v) is 5.73. The van der Waals surface area contributed by atoms with Crippen molar-refractivity contribution in [3.63, 3.8) is 0 Å². The molecule has 2 aromatic carbocycles. The van der Waals surface area contributed by atoms with E-state index in [1.807, 2.05) is 51.1 Å². The minimum Gasteiger partial charge on any atom is -0.455 e. The number of hydrogen-bond acceptors (Lipinski definition) is 6. The largest absolute Gasteiger partial charge is 0.455 e. The summed E-state index contributed by atoms with van der Waals surface area (Å²) in [6.07, 6.45) is 0. The van der Waals surface area contributed by atoms with E-state index in [0.717, 1.165) is 16.0 Å². The van der Waals surface area contributed by atoms with Crippen LogP contribution in [0.15, 0.2) is 41.3 Å². The van der Waals surface area contributed by atoms with Crippen LogP contribution in [0.25, 0.3) is 0 Å². The number of benzene rings is 2. The van der Waals surface area contributed by atoms with Crippen LogP contribution in [-0.2, 0) is 20.9 Å². The molecule has 0 aromatic heterocycles. The van der Waals surface area contributed by atoms with E-state index in [-0.39, 0.29) is 25.1 Å². The molecule has 0 bridgehead atoms. The molecule has 0 saturated carbocycles. The number of esters is 1. The molecule has 0 aliphatic carbocycles. The lowest BCUT2D eigenvalue weighted by molar-refractivity contribution is -0.150. The van der Waals surface area contributed by atoms with Gasteiger partial charge < -0.3 is 19.1 Å². The molecule has 0 fully saturated rings. The summed E-state index contributed by atoms with van der Waals surface area (Å²) in [5.41, 5.74) is 3.24. The SMILES string of the molecule is CCN(Cc1ccc2c(c1)OCO2)C(=O)COC(=O)CSc1ccc(C)cc1C. The van der Waals surface area contributed by atoms with Gasteiger partial charge in [0.2, 0.25) is 6.79 Å². The Balaban J connectivity index is 1.47. The second-order valence-electron chi connectivity index (χ2n) is 6.81. The molecule has 0 saturated heterocycles. The highest BCUT2D eigenvalue weighted by molar-refractivity contribution is 8.00. The van der Waals surface area contributed by atoms with Crippen LogP contribution >= 0.6 is 11.8 Å². The summed E-state index contributed by atoms with van der Waals surface area (Å²) in [4.78, 5) is 27.2. The van der Waals surface area contributed by atoms with Crippen molar-refractivity contribution >= 4 is 23.6 Å². The molecule has 0 atom stereocenters. The maximum Gasteiger partial charge on any atom is 0.316 e. The summed E-state index contributed by atoms with van der Waals surface area (Å²) in [6.45, 7) is 6.82. The number of carbonyl (C=O) groups excluding carboxylic acids is 2. The number of fused-ring (bicyclic) bond motifs is 1. The van der Waals surface area contributed by atoms with E-state index >= 15 is 0 Å². The molecule has 7 heteroatoms. The zero-order valence-electron chi connectivity index (χ0n) is 16.9. The van der Waals surface area contributed by atoms with E-state index in [4.69, 9.17) is 14.2 Å². The third-order valence-electron chi connectivity index (χ3n) is 4.58. The molecule has 1 amide bonds. The van der Waals surface area contributed by atoms with Crippen LogP contribution in [-0.4, -0.2) is 42.5 Å². The lowest BCUT2D eigenvalue weighted by atomic mass is 10.2. The van der Waals surface area contributed by atoms with Crippen molar-refractivity contribution in [2.75, 3.05) is 25.7 Å². The maximum absolute atomic E-state index is 12.5. The highest BCUT2D eigenvalue weighted by atomic mass is 32.2. The molecule has 6 nitrogen and oxygen atoms in total. The van der Waals surface area contributed by atoms with Gasteiger partial charge in [-0.2, -0.15) is 0 Å². The van der Waals surface area contributed by atoms with E-state index in [9.17, 15) is 9.59 Å². The monoisotopic (exact) mass is 415 g/mol. The fourth-order valence-electron chi connectivity index (χ4n) is 3.01. The van der Waals surface area contributed by atoms with E-state index in [1.165, 1.54) is 17.3 Å². The average Bonchev–Trinajstić information content (AvgIpc) is 3.17. The average molecular weight is 416 g/mol. The van der Waals surface area contributed by atoms with Crippen LogP contribution < -0.4 is 9.47 Å². The summed E-state index contributed by atoms with van der Waals surface area (Å²) in [5, 5.41) is 0.